The van der Waals surface area contributed by atoms with Crippen LogP contribution in [0.2, 0.25) is 0 Å². The fraction of sp³-hybridized carbons (Fsp3) is 0.857. The van der Waals surface area contributed by atoms with E-state index < -0.39 is 0 Å². The normalized spacial score (nSPS) is 19.1. The molecule has 0 unspecified atom stereocenters. The van der Waals surface area contributed by atoms with Crippen LogP contribution >= 0.6 is 0 Å². The van der Waals surface area contributed by atoms with Crippen molar-refractivity contribution in [1.82, 2.24) is 20.4 Å². The number of hydrogen-bond acceptors (Lipinski definition) is 5. The molecule has 172 valence electrons. The van der Waals surface area contributed by atoms with Crippen molar-refractivity contribution >= 4 is 18.0 Å². The van der Waals surface area contributed by atoms with Crippen LogP contribution in [0.1, 0.15) is 45.4 Å². The number of methoxy groups -OCH3 is 1. The zero-order valence-corrected chi connectivity index (χ0v) is 19.0. The summed E-state index contributed by atoms with van der Waals surface area (Å²) in [6.07, 6.45) is 6.03. The number of piperidine rings is 1. The number of carbonyl (C=O) groups excluding carboxylic acids is 2. The van der Waals surface area contributed by atoms with Crippen molar-refractivity contribution in [3.63, 3.8) is 0 Å². The average Bonchev–Trinajstić information content (AvgIpc) is 2.71. The molecule has 30 heavy (non-hydrogen) atoms. The second-order valence-electron chi connectivity index (χ2n) is 8.51. The molecule has 0 bridgehead atoms. The lowest BCUT2D eigenvalue weighted by Gasteiger charge is -2.42. The van der Waals surface area contributed by atoms with E-state index in [1.807, 2.05) is 6.92 Å². The van der Waals surface area contributed by atoms with Crippen LogP contribution in [0, 0.1) is 5.41 Å². The van der Waals surface area contributed by atoms with Gasteiger partial charge in [0.2, 0.25) is 5.91 Å². The van der Waals surface area contributed by atoms with Crippen LogP contribution in [-0.4, -0.2) is 94.4 Å². The molecule has 0 spiro atoms. The molecule has 0 aromatic heterocycles. The van der Waals surface area contributed by atoms with Crippen LogP contribution < -0.4 is 10.6 Å². The van der Waals surface area contributed by atoms with Gasteiger partial charge in [0.25, 0.3) is 0 Å². The molecular formula is C21H39N5O4. The molecule has 1 heterocycles. The standard InChI is InChI=1S/C21H39N5O4/c1-5-30-20(28)26-12-7-17(8-13-26)24-19(22-15-18(27)25(2)3)23-16-21(9-6-10-21)11-14-29-4/h17H,5-16H2,1-4H3,(H2,22,23,24). The van der Waals surface area contributed by atoms with Gasteiger partial charge in [-0.05, 0) is 44.4 Å². The zero-order valence-electron chi connectivity index (χ0n) is 19.0. The molecule has 1 aliphatic heterocycles. The maximum absolute atomic E-state index is 12.0. The van der Waals surface area contributed by atoms with E-state index in [0.717, 1.165) is 32.4 Å². The molecule has 0 atom stereocenters. The predicted molar refractivity (Wildman–Crippen MR) is 117 cm³/mol. The minimum absolute atomic E-state index is 0.0361. The first-order chi connectivity index (χ1) is 14.4. The smallest absolute Gasteiger partial charge is 0.409 e. The third-order valence-electron chi connectivity index (χ3n) is 6.11. The fourth-order valence-electron chi connectivity index (χ4n) is 3.84. The Bertz CT molecular complexity index is 584. The van der Waals surface area contributed by atoms with Gasteiger partial charge < -0.3 is 29.9 Å². The molecule has 2 aliphatic rings. The van der Waals surface area contributed by atoms with E-state index in [4.69, 9.17) is 9.47 Å². The maximum Gasteiger partial charge on any atom is 0.409 e. The molecule has 2 amide bonds. The summed E-state index contributed by atoms with van der Waals surface area (Å²) in [5.41, 5.74) is 0.247. The minimum atomic E-state index is -0.246. The monoisotopic (exact) mass is 425 g/mol. The van der Waals surface area contributed by atoms with Crippen LogP contribution in [0.5, 0.6) is 0 Å². The average molecular weight is 426 g/mol. The SMILES string of the molecule is CCOC(=O)N1CCC(NC(=NCC(=O)N(C)C)NCC2(CCOC)CCC2)CC1. The summed E-state index contributed by atoms with van der Waals surface area (Å²) in [5, 5.41) is 6.95. The van der Waals surface area contributed by atoms with Gasteiger partial charge in [-0.1, -0.05) is 6.42 Å². The summed E-state index contributed by atoms with van der Waals surface area (Å²) in [4.78, 5) is 31.7. The number of guanidine groups is 1. The van der Waals surface area contributed by atoms with E-state index in [1.54, 1.807) is 31.0 Å². The van der Waals surface area contributed by atoms with Crippen molar-refractivity contribution in [3.05, 3.63) is 0 Å². The molecule has 2 N–H and O–H groups in total. The highest BCUT2D eigenvalue weighted by Gasteiger charge is 2.36. The van der Waals surface area contributed by atoms with Gasteiger partial charge in [0, 0.05) is 53.5 Å². The Morgan fingerprint density at radius 2 is 1.93 bits per heavy atom. The van der Waals surface area contributed by atoms with Gasteiger partial charge in [-0.2, -0.15) is 0 Å². The Morgan fingerprint density at radius 3 is 2.47 bits per heavy atom. The molecule has 2 fully saturated rings. The van der Waals surface area contributed by atoms with E-state index in [9.17, 15) is 9.59 Å². The number of ether oxygens (including phenoxy) is 2. The molecule has 2 rings (SSSR count). The third-order valence-corrected chi connectivity index (χ3v) is 6.11. The van der Waals surface area contributed by atoms with Gasteiger partial charge in [0.05, 0.1) is 6.61 Å². The highest BCUT2D eigenvalue weighted by atomic mass is 16.6. The summed E-state index contributed by atoms with van der Waals surface area (Å²) in [6, 6.07) is 0.202. The van der Waals surface area contributed by atoms with Gasteiger partial charge in [0.15, 0.2) is 5.96 Å². The van der Waals surface area contributed by atoms with Crippen molar-refractivity contribution in [3.8, 4) is 0 Å². The lowest BCUT2D eigenvalue weighted by molar-refractivity contribution is -0.127. The maximum atomic E-state index is 12.0. The van der Waals surface area contributed by atoms with Gasteiger partial charge in [-0.15, -0.1) is 0 Å². The highest BCUT2D eigenvalue weighted by Crippen LogP contribution is 2.43. The van der Waals surface area contributed by atoms with Crippen LogP contribution in [0.4, 0.5) is 4.79 Å². The second-order valence-corrected chi connectivity index (χ2v) is 8.51. The van der Waals surface area contributed by atoms with Crippen LogP contribution in [0.15, 0.2) is 4.99 Å². The Morgan fingerprint density at radius 1 is 1.23 bits per heavy atom. The van der Waals surface area contributed by atoms with E-state index >= 15 is 0 Å². The summed E-state index contributed by atoms with van der Waals surface area (Å²) in [6.45, 7) is 5.19. The van der Waals surface area contributed by atoms with Gasteiger partial charge in [-0.3, -0.25) is 4.79 Å². The molecule has 1 aliphatic carbocycles. The van der Waals surface area contributed by atoms with E-state index in [-0.39, 0.29) is 30.0 Å². The van der Waals surface area contributed by atoms with Crippen LogP contribution in [0.25, 0.3) is 0 Å². The number of amides is 2. The first-order valence-corrected chi connectivity index (χ1v) is 11.0. The summed E-state index contributed by atoms with van der Waals surface area (Å²) < 4.78 is 10.4. The molecule has 1 saturated heterocycles. The lowest BCUT2D eigenvalue weighted by atomic mass is 9.67. The van der Waals surface area contributed by atoms with Crippen LogP contribution in [-0.2, 0) is 14.3 Å². The number of likely N-dealkylation sites (tertiary alicyclic amines) is 1. The summed E-state index contributed by atoms with van der Waals surface area (Å²) in [7, 11) is 5.21. The molecule has 0 radical (unpaired) electrons. The fourth-order valence-corrected chi connectivity index (χ4v) is 3.84. The van der Waals surface area contributed by atoms with Crippen LogP contribution in [0.3, 0.4) is 0 Å². The lowest BCUT2D eigenvalue weighted by Crippen LogP contribution is -2.52. The second kappa shape index (κ2) is 12.0. The third kappa shape index (κ3) is 7.34. The number of hydrogen-bond donors (Lipinski definition) is 2. The Balaban J connectivity index is 1.92. The zero-order chi connectivity index (χ0) is 22.0. The summed E-state index contributed by atoms with van der Waals surface area (Å²) >= 11 is 0. The Hall–Kier alpha value is -2.03. The Kier molecular flexibility index (Phi) is 9.68. The van der Waals surface area contributed by atoms with Crippen molar-refractivity contribution in [2.75, 3.05) is 60.6 Å². The molecule has 0 aromatic rings. The quantitative estimate of drug-likeness (QED) is 0.429. The predicted octanol–water partition coefficient (Wildman–Crippen LogP) is 1.44. The van der Waals surface area contributed by atoms with Crippen molar-refractivity contribution in [2.45, 2.75) is 51.5 Å². The van der Waals surface area contributed by atoms with Crippen molar-refractivity contribution < 1.29 is 19.1 Å². The Labute approximate surface area is 180 Å². The van der Waals surface area contributed by atoms with Gasteiger partial charge in [-0.25, -0.2) is 9.79 Å². The molecule has 1 saturated carbocycles. The largest absolute Gasteiger partial charge is 0.450 e. The highest BCUT2D eigenvalue weighted by molar-refractivity contribution is 5.85. The number of nitrogens with zero attached hydrogens (tertiary/aromatic N) is 3. The van der Waals surface area contributed by atoms with E-state index in [2.05, 4.69) is 15.6 Å². The molecule has 9 nitrogen and oxygen atoms in total. The molecular weight excluding hydrogens is 386 g/mol. The van der Waals surface area contributed by atoms with Crippen molar-refractivity contribution in [2.24, 2.45) is 10.4 Å². The van der Waals surface area contributed by atoms with Gasteiger partial charge in [0.1, 0.15) is 6.54 Å². The van der Waals surface area contributed by atoms with Gasteiger partial charge >= 0.3 is 6.09 Å². The number of likely N-dealkylation sites (N-methyl/N-ethyl adjacent to an activating group) is 1. The molecule has 9 heteroatoms. The first-order valence-electron chi connectivity index (χ1n) is 11.0. The number of rotatable bonds is 9. The number of carbonyl (C=O) groups is 2. The topological polar surface area (TPSA) is 95.5 Å². The molecule has 0 aromatic carbocycles. The number of nitrogens with one attached hydrogen (secondary N) is 2. The minimum Gasteiger partial charge on any atom is -0.450 e. The van der Waals surface area contributed by atoms with E-state index in [0.29, 0.717) is 25.7 Å². The van der Waals surface area contributed by atoms with E-state index in [1.165, 1.54) is 19.3 Å². The number of aliphatic imine (C=N–C) groups is 1. The van der Waals surface area contributed by atoms with Crippen molar-refractivity contribution in [1.29, 1.82) is 0 Å². The summed E-state index contributed by atoms with van der Waals surface area (Å²) in [5.74, 6) is 0.634. The first kappa shape index (κ1) is 24.2.